The Balaban J connectivity index is 1.71. The number of carbonyl (C=O) groups is 1. The zero-order valence-electron chi connectivity index (χ0n) is 10.9. The third kappa shape index (κ3) is 4.84. The molecule has 0 aliphatic heterocycles. The van der Waals surface area contributed by atoms with Gasteiger partial charge in [0, 0.05) is 11.6 Å². The number of benzene rings is 1. The molecule has 0 bridgehead atoms. The van der Waals surface area contributed by atoms with Crippen LogP contribution in [-0.4, -0.2) is 23.7 Å². The Bertz CT molecular complexity index is 411. The Kier molecular flexibility index (Phi) is 5.23. The summed E-state index contributed by atoms with van der Waals surface area (Å²) in [4.78, 5) is 11.8. The van der Waals surface area contributed by atoms with E-state index in [9.17, 15) is 9.90 Å². The van der Waals surface area contributed by atoms with E-state index in [0.29, 0.717) is 17.4 Å². The highest BCUT2D eigenvalue weighted by atomic mass is 35.5. The third-order valence-corrected chi connectivity index (χ3v) is 3.93. The van der Waals surface area contributed by atoms with Gasteiger partial charge in [-0.2, -0.15) is 0 Å². The average molecular weight is 282 g/mol. The van der Waals surface area contributed by atoms with Crippen LogP contribution in [0.15, 0.2) is 24.3 Å². The van der Waals surface area contributed by atoms with Gasteiger partial charge in [0.2, 0.25) is 5.91 Å². The van der Waals surface area contributed by atoms with Gasteiger partial charge in [-0.15, -0.1) is 0 Å². The summed E-state index contributed by atoms with van der Waals surface area (Å²) in [6.45, 7) is 0.721. The maximum Gasteiger partial charge on any atom is 0.224 e. The summed E-state index contributed by atoms with van der Waals surface area (Å²) in [6, 6.07) is 7.34. The number of hydrogen-bond donors (Lipinski definition) is 2. The van der Waals surface area contributed by atoms with Crippen molar-refractivity contribution in [3.8, 4) is 0 Å². The van der Waals surface area contributed by atoms with Crippen LogP contribution in [0.2, 0.25) is 5.02 Å². The van der Waals surface area contributed by atoms with E-state index in [2.05, 4.69) is 5.32 Å². The molecule has 0 radical (unpaired) electrons. The van der Waals surface area contributed by atoms with Gasteiger partial charge >= 0.3 is 0 Å². The van der Waals surface area contributed by atoms with Crippen molar-refractivity contribution in [3.63, 3.8) is 0 Å². The number of carbonyl (C=O) groups excluding carboxylic acids is 1. The highest BCUT2D eigenvalue weighted by Crippen LogP contribution is 2.23. The lowest BCUT2D eigenvalue weighted by Gasteiger charge is -2.25. The van der Waals surface area contributed by atoms with E-state index in [4.69, 9.17) is 11.6 Å². The minimum Gasteiger partial charge on any atom is -0.393 e. The first kappa shape index (κ1) is 14.4. The minimum absolute atomic E-state index is 0.0495. The van der Waals surface area contributed by atoms with E-state index in [0.717, 1.165) is 37.8 Å². The fourth-order valence-corrected chi connectivity index (χ4v) is 2.58. The van der Waals surface area contributed by atoms with Crippen molar-refractivity contribution < 1.29 is 9.90 Å². The third-order valence-electron chi connectivity index (χ3n) is 3.68. The topological polar surface area (TPSA) is 49.3 Å². The van der Waals surface area contributed by atoms with Crippen LogP contribution in [0.25, 0.3) is 0 Å². The van der Waals surface area contributed by atoms with Crippen LogP contribution in [0.4, 0.5) is 0 Å². The van der Waals surface area contributed by atoms with Crippen molar-refractivity contribution in [1.82, 2.24) is 5.32 Å². The van der Waals surface area contributed by atoms with Crippen LogP contribution in [0, 0.1) is 5.92 Å². The number of halogens is 1. The van der Waals surface area contributed by atoms with Crippen molar-refractivity contribution in [2.45, 2.75) is 38.2 Å². The first-order valence-electron chi connectivity index (χ1n) is 6.82. The fraction of sp³-hybridized carbons (Fsp3) is 0.533. The lowest BCUT2D eigenvalue weighted by molar-refractivity contribution is -0.120. The van der Waals surface area contributed by atoms with E-state index in [1.54, 1.807) is 12.1 Å². The Labute approximate surface area is 119 Å². The van der Waals surface area contributed by atoms with Crippen LogP contribution in [0.3, 0.4) is 0 Å². The van der Waals surface area contributed by atoms with Gasteiger partial charge in [0.1, 0.15) is 0 Å². The SMILES string of the molecule is O=C(Cc1ccc(Cl)cc1)NCC1CCC(O)CC1. The van der Waals surface area contributed by atoms with Crippen LogP contribution in [0.1, 0.15) is 31.2 Å². The number of aliphatic hydroxyl groups excluding tert-OH is 1. The molecule has 1 aliphatic carbocycles. The van der Waals surface area contributed by atoms with Crippen molar-refractivity contribution >= 4 is 17.5 Å². The molecule has 4 heteroatoms. The molecule has 0 atom stereocenters. The molecule has 1 aliphatic rings. The van der Waals surface area contributed by atoms with E-state index in [1.807, 2.05) is 12.1 Å². The summed E-state index contributed by atoms with van der Waals surface area (Å²) in [5.41, 5.74) is 0.973. The molecule has 2 rings (SSSR count). The summed E-state index contributed by atoms with van der Waals surface area (Å²) in [5.74, 6) is 0.561. The van der Waals surface area contributed by atoms with Gasteiger partial charge in [-0.25, -0.2) is 0 Å². The van der Waals surface area contributed by atoms with Crippen LogP contribution >= 0.6 is 11.6 Å². The quantitative estimate of drug-likeness (QED) is 0.891. The summed E-state index contributed by atoms with van der Waals surface area (Å²) < 4.78 is 0. The molecule has 104 valence electrons. The molecule has 19 heavy (non-hydrogen) atoms. The zero-order chi connectivity index (χ0) is 13.7. The van der Waals surface area contributed by atoms with Crippen molar-refractivity contribution in [1.29, 1.82) is 0 Å². The number of aliphatic hydroxyl groups is 1. The summed E-state index contributed by atoms with van der Waals surface area (Å²) in [6.07, 6.45) is 3.98. The van der Waals surface area contributed by atoms with Crippen LogP contribution < -0.4 is 5.32 Å². The fourth-order valence-electron chi connectivity index (χ4n) is 2.46. The molecule has 3 nitrogen and oxygen atoms in total. The molecule has 1 saturated carbocycles. The lowest BCUT2D eigenvalue weighted by atomic mass is 9.87. The Morgan fingerprint density at radius 1 is 1.21 bits per heavy atom. The van der Waals surface area contributed by atoms with E-state index >= 15 is 0 Å². The number of hydrogen-bond acceptors (Lipinski definition) is 2. The first-order chi connectivity index (χ1) is 9.13. The number of rotatable bonds is 4. The first-order valence-corrected chi connectivity index (χ1v) is 7.20. The molecule has 0 unspecified atom stereocenters. The molecule has 0 spiro atoms. The smallest absolute Gasteiger partial charge is 0.224 e. The minimum atomic E-state index is -0.138. The van der Waals surface area contributed by atoms with E-state index < -0.39 is 0 Å². The lowest BCUT2D eigenvalue weighted by Crippen LogP contribution is -2.33. The molecule has 1 aromatic rings. The highest BCUT2D eigenvalue weighted by molar-refractivity contribution is 6.30. The molecule has 1 fully saturated rings. The highest BCUT2D eigenvalue weighted by Gasteiger charge is 2.19. The van der Waals surface area contributed by atoms with E-state index in [1.165, 1.54) is 0 Å². The standard InChI is InChI=1S/C15H20ClNO2/c16-13-5-1-11(2-6-13)9-15(19)17-10-12-3-7-14(18)8-4-12/h1-2,5-6,12,14,18H,3-4,7-10H2,(H,17,19). The average Bonchev–Trinajstić information content (AvgIpc) is 2.41. The normalized spacial score (nSPS) is 23.1. The second-order valence-corrected chi connectivity index (χ2v) is 5.72. The van der Waals surface area contributed by atoms with Crippen LogP contribution in [-0.2, 0) is 11.2 Å². The second kappa shape index (κ2) is 6.92. The molecule has 0 heterocycles. The van der Waals surface area contributed by atoms with E-state index in [-0.39, 0.29) is 12.0 Å². The Hall–Kier alpha value is -1.06. The van der Waals surface area contributed by atoms with Gasteiger partial charge in [-0.1, -0.05) is 23.7 Å². The van der Waals surface area contributed by atoms with Gasteiger partial charge in [0.25, 0.3) is 0 Å². The monoisotopic (exact) mass is 281 g/mol. The molecule has 1 aromatic carbocycles. The van der Waals surface area contributed by atoms with Crippen LogP contribution in [0.5, 0.6) is 0 Å². The number of nitrogens with one attached hydrogen (secondary N) is 1. The maximum atomic E-state index is 11.8. The van der Waals surface area contributed by atoms with Crippen molar-refractivity contribution in [2.24, 2.45) is 5.92 Å². The van der Waals surface area contributed by atoms with Gasteiger partial charge < -0.3 is 10.4 Å². The van der Waals surface area contributed by atoms with Crippen molar-refractivity contribution in [2.75, 3.05) is 6.54 Å². The predicted molar refractivity (Wildman–Crippen MR) is 76.1 cm³/mol. The molecular weight excluding hydrogens is 262 g/mol. The molecule has 0 saturated heterocycles. The summed E-state index contributed by atoms with van der Waals surface area (Å²) in [7, 11) is 0. The van der Waals surface area contributed by atoms with Gasteiger partial charge in [-0.05, 0) is 49.3 Å². The number of amides is 1. The largest absolute Gasteiger partial charge is 0.393 e. The van der Waals surface area contributed by atoms with Gasteiger partial charge in [0.05, 0.1) is 12.5 Å². The molecule has 1 amide bonds. The van der Waals surface area contributed by atoms with Gasteiger partial charge in [0.15, 0.2) is 0 Å². The maximum absolute atomic E-state index is 11.8. The summed E-state index contributed by atoms with van der Waals surface area (Å²) >= 11 is 5.80. The molecular formula is C15H20ClNO2. The molecule has 0 aromatic heterocycles. The Morgan fingerprint density at radius 3 is 2.47 bits per heavy atom. The zero-order valence-corrected chi connectivity index (χ0v) is 11.7. The van der Waals surface area contributed by atoms with Gasteiger partial charge in [-0.3, -0.25) is 4.79 Å². The second-order valence-electron chi connectivity index (χ2n) is 5.28. The van der Waals surface area contributed by atoms with Crippen molar-refractivity contribution in [3.05, 3.63) is 34.9 Å². The Morgan fingerprint density at radius 2 is 1.84 bits per heavy atom. The molecule has 2 N–H and O–H groups in total. The predicted octanol–water partition coefficient (Wildman–Crippen LogP) is 2.55. The summed E-state index contributed by atoms with van der Waals surface area (Å²) in [5, 5.41) is 13.1.